The highest BCUT2D eigenvalue weighted by molar-refractivity contribution is 9.10. The molecule has 1 heterocycles. The number of nitrogens with one attached hydrogen (secondary N) is 1. The van der Waals surface area contributed by atoms with E-state index < -0.39 is 0 Å². The number of rotatable bonds is 4. The monoisotopic (exact) mass is 520 g/mol. The van der Waals surface area contributed by atoms with Crippen LogP contribution in [0.5, 0.6) is 0 Å². The molecule has 0 radical (unpaired) electrons. The minimum atomic E-state index is 1.07. The molecule has 5 aromatic carbocycles. The van der Waals surface area contributed by atoms with E-state index in [1.54, 1.807) is 0 Å². The van der Waals surface area contributed by atoms with Crippen molar-refractivity contribution in [1.82, 2.24) is 0 Å². The summed E-state index contributed by atoms with van der Waals surface area (Å²) in [5.41, 5.74) is 8.10. The first-order valence-electron chi connectivity index (χ1n) is 11.1. The van der Waals surface area contributed by atoms with Crippen molar-refractivity contribution in [2.24, 2.45) is 0 Å². The minimum Gasteiger partial charge on any atom is -0.354 e. The molecule has 34 heavy (non-hydrogen) atoms. The zero-order chi connectivity index (χ0) is 22.9. The largest absolute Gasteiger partial charge is 0.354 e. The number of hydrogen-bond acceptors (Lipinski definition) is 3. The number of hydrogen-bond donors (Lipinski definition) is 1. The average Bonchev–Trinajstić information content (AvgIpc) is 2.89. The molecule has 0 atom stereocenters. The molecule has 0 spiro atoms. The highest BCUT2D eigenvalue weighted by Gasteiger charge is 2.17. The van der Waals surface area contributed by atoms with Crippen molar-refractivity contribution < 1.29 is 0 Å². The Morgan fingerprint density at radius 1 is 0.529 bits per heavy atom. The molecule has 0 saturated heterocycles. The van der Waals surface area contributed by atoms with E-state index in [1.165, 1.54) is 26.6 Å². The van der Waals surface area contributed by atoms with E-state index in [2.05, 4.69) is 147 Å². The van der Waals surface area contributed by atoms with Gasteiger partial charge < -0.3 is 10.2 Å². The number of halogens is 1. The third-order valence-corrected chi connectivity index (χ3v) is 7.56. The van der Waals surface area contributed by atoms with E-state index in [-0.39, 0.29) is 0 Å². The Morgan fingerprint density at radius 3 is 2.06 bits per heavy atom. The maximum absolute atomic E-state index is 3.56. The summed E-state index contributed by atoms with van der Waals surface area (Å²) >= 11 is 5.38. The Hall–Kier alpha value is -3.47. The van der Waals surface area contributed by atoms with Crippen LogP contribution in [-0.4, -0.2) is 0 Å². The molecule has 2 nitrogen and oxygen atoms in total. The highest BCUT2D eigenvalue weighted by atomic mass is 79.9. The van der Waals surface area contributed by atoms with Gasteiger partial charge in [0.1, 0.15) is 0 Å². The molecule has 6 rings (SSSR count). The van der Waals surface area contributed by atoms with Crippen LogP contribution in [0.4, 0.5) is 28.4 Å². The molecule has 0 aliphatic carbocycles. The molecule has 164 valence electrons. The smallest absolute Gasteiger partial charge is 0.0526 e. The van der Waals surface area contributed by atoms with Crippen molar-refractivity contribution in [3.8, 4) is 11.1 Å². The van der Waals surface area contributed by atoms with Crippen molar-refractivity contribution in [2.75, 3.05) is 10.2 Å². The second-order valence-corrected chi connectivity index (χ2v) is 10.1. The normalized spacial score (nSPS) is 11.8. The molecular weight excluding hydrogens is 500 g/mol. The Bertz CT molecular complexity index is 1470. The van der Waals surface area contributed by atoms with Gasteiger partial charge in [-0.15, -0.1) is 0 Å². The molecule has 5 aromatic rings. The SMILES string of the molecule is Brc1ccc(N(c2ccccc2)c2cccc(-c3ccc4c(c3)Sc3ccccc3N4)c2)cc1. The van der Waals surface area contributed by atoms with E-state index in [0.717, 1.165) is 27.2 Å². The van der Waals surface area contributed by atoms with Crippen molar-refractivity contribution in [3.63, 3.8) is 0 Å². The van der Waals surface area contributed by atoms with Crippen LogP contribution in [0.25, 0.3) is 11.1 Å². The van der Waals surface area contributed by atoms with Crippen LogP contribution >= 0.6 is 27.7 Å². The van der Waals surface area contributed by atoms with Gasteiger partial charge in [0, 0.05) is 31.3 Å². The summed E-state index contributed by atoms with van der Waals surface area (Å²) in [5, 5.41) is 3.56. The van der Waals surface area contributed by atoms with Crippen LogP contribution < -0.4 is 10.2 Å². The fourth-order valence-electron chi connectivity index (χ4n) is 4.25. The Kier molecular flexibility index (Phi) is 5.61. The van der Waals surface area contributed by atoms with E-state index in [4.69, 9.17) is 0 Å². The Morgan fingerprint density at radius 2 is 1.21 bits per heavy atom. The van der Waals surface area contributed by atoms with Gasteiger partial charge in [-0.2, -0.15) is 0 Å². The van der Waals surface area contributed by atoms with Gasteiger partial charge in [-0.25, -0.2) is 0 Å². The van der Waals surface area contributed by atoms with Gasteiger partial charge in [-0.05, 0) is 83.9 Å². The third kappa shape index (κ3) is 4.11. The van der Waals surface area contributed by atoms with Crippen LogP contribution in [0.3, 0.4) is 0 Å². The summed E-state index contributed by atoms with van der Waals surface area (Å²) in [5.74, 6) is 0. The minimum absolute atomic E-state index is 1.07. The van der Waals surface area contributed by atoms with E-state index >= 15 is 0 Å². The molecule has 0 aromatic heterocycles. The lowest BCUT2D eigenvalue weighted by Gasteiger charge is -2.26. The summed E-state index contributed by atoms with van der Waals surface area (Å²) in [6, 6.07) is 42.8. The summed E-state index contributed by atoms with van der Waals surface area (Å²) < 4.78 is 1.07. The van der Waals surface area contributed by atoms with Gasteiger partial charge in [-0.3, -0.25) is 0 Å². The molecule has 0 unspecified atom stereocenters. The van der Waals surface area contributed by atoms with Crippen LogP contribution in [-0.2, 0) is 0 Å². The highest BCUT2D eigenvalue weighted by Crippen LogP contribution is 2.45. The first-order chi connectivity index (χ1) is 16.7. The van der Waals surface area contributed by atoms with Gasteiger partial charge in [0.2, 0.25) is 0 Å². The molecule has 1 N–H and O–H groups in total. The molecule has 0 fully saturated rings. The lowest BCUT2D eigenvalue weighted by Crippen LogP contribution is -2.09. The topological polar surface area (TPSA) is 15.3 Å². The van der Waals surface area contributed by atoms with Gasteiger partial charge in [0.05, 0.1) is 11.4 Å². The predicted octanol–water partition coefficient (Wildman–Crippen LogP) is 9.79. The number of benzene rings is 5. The average molecular weight is 521 g/mol. The maximum Gasteiger partial charge on any atom is 0.0526 e. The molecule has 1 aliphatic heterocycles. The molecule has 0 bridgehead atoms. The van der Waals surface area contributed by atoms with Crippen molar-refractivity contribution in [1.29, 1.82) is 0 Å². The summed E-state index contributed by atoms with van der Waals surface area (Å²) in [6.45, 7) is 0. The summed E-state index contributed by atoms with van der Waals surface area (Å²) in [6.07, 6.45) is 0. The number of nitrogens with zero attached hydrogens (tertiary/aromatic N) is 1. The first kappa shape index (κ1) is 21.1. The number of para-hydroxylation sites is 2. The van der Waals surface area contributed by atoms with Crippen molar-refractivity contribution in [2.45, 2.75) is 9.79 Å². The summed E-state index contributed by atoms with van der Waals surface area (Å²) in [4.78, 5) is 4.79. The molecule has 0 saturated carbocycles. The van der Waals surface area contributed by atoms with Crippen molar-refractivity contribution in [3.05, 3.63) is 126 Å². The van der Waals surface area contributed by atoms with Crippen LogP contribution in [0.2, 0.25) is 0 Å². The second kappa shape index (κ2) is 9.05. The predicted molar refractivity (Wildman–Crippen MR) is 148 cm³/mol. The van der Waals surface area contributed by atoms with Crippen LogP contribution in [0.1, 0.15) is 0 Å². The molecule has 1 aliphatic rings. The van der Waals surface area contributed by atoms with Crippen LogP contribution in [0.15, 0.2) is 136 Å². The van der Waals surface area contributed by atoms with Crippen molar-refractivity contribution >= 4 is 56.1 Å². The fraction of sp³-hybridized carbons (Fsp3) is 0. The summed E-state index contributed by atoms with van der Waals surface area (Å²) in [7, 11) is 0. The fourth-order valence-corrected chi connectivity index (χ4v) is 5.54. The van der Waals surface area contributed by atoms with E-state index in [9.17, 15) is 0 Å². The first-order valence-corrected chi connectivity index (χ1v) is 12.7. The molecule has 4 heteroatoms. The molecular formula is C30H21BrN2S. The van der Waals surface area contributed by atoms with Gasteiger partial charge >= 0.3 is 0 Å². The third-order valence-electron chi connectivity index (χ3n) is 5.89. The lowest BCUT2D eigenvalue weighted by atomic mass is 10.0. The maximum atomic E-state index is 3.56. The quantitative estimate of drug-likeness (QED) is 0.249. The Labute approximate surface area is 212 Å². The van der Waals surface area contributed by atoms with Gasteiger partial charge in [0.15, 0.2) is 0 Å². The second-order valence-electron chi connectivity index (χ2n) is 8.13. The number of anilines is 5. The standard InChI is InChI=1S/C30H21BrN2S/c31-23-14-16-25(17-15-23)33(24-8-2-1-3-9-24)26-10-6-7-21(19-26)22-13-18-28-30(20-22)34-29-12-5-4-11-27(29)32-28/h1-20,32H. The number of fused-ring (bicyclic) bond motifs is 2. The van der Waals surface area contributed by atoms with E-state index in [0.29, 0.717) is 0 Å². The van der Waals surface area contributed by atoms with Gasteiger partial charge in [-0.1, -0.05) is 76.2 Å². The zero-order valence-corrected chi connectivity index (χ0v) is 20.7. The van der Waals surface area contributed by atoms with Gasteiger partial charge in [0.25, 0.3) is 0 Å². The Balaban J connectivity index is 1.40. The molecule has 0 amide bonds. The van der Waals surface area contributed by atoms with E-state index in [1.807, 2.05) is 11.8 Å². The lowest BCUT2D eigenvalue weighted by molar-refractivity contribution is 1.28. The zero-order valence-electron chi connectivity index (χ0n) is 18.3. The van der Waals surface area contributed by atoms with Crippen LogP contribution in [0, 0.1) is 0 Å².